The number of fused-ring (bicyclic) bond motifs is 1. The Morgan fingerprint density at radius 2 is 1.81 bits per heavy atom. The second-order valence-electron chi connectivity index (χ2n) is 7.45. The highest BCUT2D eigenvalue weighted by atomic mass is 32.5. The molecular formula is C19H19F5N2O4S. The lowest BCUT2D eigenvalue weighted by atomic mass is 10.1. The average molecular weight is 466 g/mol. The Balaban J connectivity index is 1.59. The molecule has 170 valence electrons. The number of hydrogen-bond donors (Lipinski definition) is 3. The summed E-state index contributed by atoms with van der Waals surface area (Å²) in [5, 5.41) is 14.9. The monoisotopic (exact) mass is 466 g/mol. The number of nitrogens with one attached hydrogen (secondary N) is 2. The van der Waals surface area contributed by atoms with Crippen LogP contribution in [0.4, 0.5) is 29.9 Å². The van der Waals surface area contributed by atoms with Gasteiger partial charge in [0.1, 0.15) is 16.7 Å². The largest absolute Gasteiger partial charge is 0.483 e. The van der Waals surface area contributed by atoms with E-state index in [1.807, 2.05) is 0 Å². The molecule has 2 amide bonds. The van der Waals surface area contributed by atoms with Gasteiger partial charge in [-0.3, -0.25) is 0 Å². The van der Waals surface area contributed by atoms with Crippen molar-refractivity contribution in [1.82, 2.24) is 5.32 Å². The quantitative estimate of drug-likeness (QED) is 0.548. The van der Waals surface area contributed by atoms with Crippen LogP contribution in [0, 0.1) is 0 Å². The van der Waals surface area contributed by atoms with E-state index >= 15 is 0 Å². The SMILES string of the molecule is O=C(Nc1cc(S(F)(F)(F)(F)F)ccc1OC1COC1)NC1c2ccccc2CC1O. The number of ether oxygens (including phenoxy) is 2. The Hall–Kier alpha value is -2.57. The first-order chi connectivity index (χ1) is 14.3. The van der Waals surface area contributed by atoms with Crippen LogP contribution < -0.4 is 15.4 Å². The molecule has 0 spiro atoms. The van der Waals surface area contributed by atoms with E-state index in [2.05, 4.69) is 10.6 Å². The predicted molar refractivity (Wildman–Crippen MR) is 104 cm³/mol. The van der Waals surface area contributed by atoms with Gasteiger partial charge >= 0.3 is 16.3 Å². The molecule has 12 heteroatoms. The minimum atomic E-state index is -9.98. The number of carbonyl (C=O) groups excluding carboxylic acids is 1. The molecule has 0 aromatic heterocycles. The lowest BCUT2D eigenvalue weighted by molar-refractivity contribution is -0.0794. The standard InChI is InChI=1S/C19H19F5N2O4S/c20-31(21,22,23,24)13-5-6-17(30-12-9-29-10-12)15(8-13)25-19(28)26-18-14-4-2-1-3-11(14)7-16(18)27/h1-6,8,12,16,18,27H,7,9-10H2,(H2,25,26,28). The maximum absolute atomic E-state index is 13.3. The van der Waals surface area contributed by atoms with Gasteiger partial charge in [0.25, 0.3) is 0 Å². The molecule has 2 aromatic rings. The molecule has 2 atom stereocenters. The third-order valence-electron chi connectivity index (χ3n) is 5.04. The van der Waals surface area contributed by atoms with Crippen molar-refractivity contribution in [2.45, 2.75) is 29.6 Å². The first kappa shape index (κ1) is 21.7. The molecule has 31 heavy (non-hydrogen) atoms. The zero-order chi connectivity index (χ0) is 22.5. The van der Waals surface area contributed by atoms with Crippen molar-refractivity contribution in [1.29, 1.82) is 0 Å². The topological polar surface area (TPSA) is 79.8 Å². The van der Waals surface area contributed by atoms with Gasteiger partial charge in [-0.05, 0) is 29.3 Å². The molecule has 6 nitrogen and oxygen atoms in total. The van der Waals surface area contributed by atoms with Gasteiger partial charge in [0, 0.05) is 6.42 Å². The summed E-state index contributed by atoms with van der Waals surface area (Å²) in [6.45, 7) is 0.361. The fourth-order valence-electron chi connectivity index (χ4n) is 3.46. The lowest BCUT2D eigenvalue weighted by Gasteiger charge is -2.40. The normalized spacial score (nSPS) is 23.2. The Morgan fingerprint density at radius 3 is 2.45 bits per heavy atom. The van der Waals surface area contributed by atoms with Gasteiger partial charge in [0.2, 0.25) is 0 Å². The summed E-state index contributed by atoms with van der Waals surface area (Å²) in [4.78, 5) is 10.3. The highest BCUT2D eigenvalue weighted by Gasteiger charge is 2.65. The summed E-state index contributed by atoms with van der Waals surface area (Å²) in [5.41, 5.74) is 0.905. The summed E-state index contributed by atoms with van der Waals surface area (Å²) < 4.78 is 76.7. The van der Waals surface area contributed by atoms with Gasteiger partial charge in [-0.2, -0.15) is 0 Å². The number of benzene rings is 2. The van der Waals surface area contributed by atoms with Crippen LogP contribution in [0.2, 0.25) is 0 Å². The number of urea groups is 1. The van der Waals surface area contributed by atoms with Crippen molar-refractivity contribution in [2.75, 3.05) is 18.5 Å². The molecule has 2 unspecified atom stereocenters. The van der Waals surface area contributed by atoms with Crippen molar-refractivity contribution < 1.29 is 38.8 Å². The first-order valence-corrected chi connectivity index (χ1v) is 11.2. The molecule has 1 aliphatic carbocycles. The third-order valence-corrected chi connectivity index (χ3v) is 6.18. The maximum Gasteiger partial charge on any atom is 0.319 e. The number of aliphatic hydroxyl groups excluding tert-OH is 1. The number of halogens is 5. The minimum Gasteiger partial charge on any atom is -0.483 e. The van der Waals surface area contributed by atoms with Crippen molar-refractivity contribution >= 4 is 21.9 Å². The van der Waals surface area contributed by atoms with Crippen LogP contribution in [0.3, 0.4) is 0 Å². The lowest BCUT2D eigenvalue weighted by Crippen LogP contribution is -2.39. The van der Waals surface area contributed by atoms with E-state index in [0.29, 0.717) is 5.56 Å². The van der Waals surface area contributed by atoms with E-state index in [9.17, 15) is 29.3 Å². The summed E-state index contributed by atoms with van der Waals surface area (Å²) >= 11 is 0. The second-order valence-corrected chi connectivity index (χ2v) is 9.86. The van der Waals surface area contributed by atoms with Crippen LogP contribution in [0.1, 0.15) is 17.2 Å². The van der Waals surface area contributed by atoms with E-state index in [-0.39, 0.29) is 37.5 Å². The molecule has 2 aromatic carbocycles. The van der Waals surface area contributed by atoms with Crippen molar-refractivity contribution in [3.05, 3.63) is 53.6 Å². The zero-order valence-electron chi connectivity index (χ0n) is 15.9. The highest BCUT2D eigenvalue weighted by molar-refractivity contribution is 8.45. The minimum absolute atomic E-state index is 0.148. The van der Waals surface area contributed by atoms with Crippen molar-refractivity contribution in [2.24, 2.45) is 0 Å². The van der Waals surface area contributed by atoms with Gasteiger partial charge in [-0.25, -0.2) is 4.79 Å². The van der Waals surface area contributed by atoms with Crippen LogP contribution in [0.15, 0.2) is 47.4 Å². The first-order valence-electron chi connectivity index (χ1n) is 9.26. The van der Waals surface area contributed by atoms with Gasteiger partial charge in [-0.1, -0.05) is 43.7 Å². The highest BCUT2D eigenvalue weighted by Crippen LogP contribution is 3.02. The molecule has 4 rings (SSSR count). The van der Waals surface area contributed by atoms with Crippen LogP contribution in [0.25, 0.3) is 0 Å². The average Bonchev–Trinajstić information content (AvgIpc) is 2.92. The van der Waals surface area contributed by atoms with E-state index < -0.39 is 45.1 Å². The third kappa shape index (κ3) is 4.70. The number of carbonyl (C=O) groups is 1. The Labute approximate surface area is 174 Å². The fourth-order valence-corrected chi connectivity index (χ4v) is 4.12. The van der Waals surface area contributed by atoms with E-state index in [1.54, 1.807) is 24.3 Å². The summed E-state index contributed by atoms with van der Waals surface area (Å²) in [6.07, 6.45) is -1.13. The number of amides is 2. The maximum atomic E-state index is 13.3. The molecule has 0 radical (unpaired) electrons. The van der Waals surface area contributed by atoms with Crippen LogP contribution in [0.5, 0.6) is 5.75 Å². The van der Waals surface area contributed by atoms with Gasteiger partial charge in [0.05, 0.1) is 31.0 Å². The molecule has 0 bridgehead atoms. The molecule has 1 saturated heterocycles. The molecule has 1 fully saturated rings. The second kappa shape index (κ2) is 6.71. The Kier molecular flexibility index (Phi) is 4.69. The van der Waals surface area contributed by atoms with Crippen LogP contribution in [-0.4, -0.2) is 36.6 Å². The molecule has 3 N–H and O–H groups in total. The molecule has 1 aliphatic heterocycles. The van der Waals surface area contributed by atoms with E-state index in [0.717, 1.165) is 11.6 Å². The predicted octanol–water partition coefficient (Wildman–Crippen LogP) is 4.90. The molecule has 0 saturated carbocycles. The number of aliphatic hydroxyl groups is 1. The van der Waals surface area contributed by atoms with Crippen molar-refractivity contribution in [3.8, 4) is 5.75 Å². The van der Waals surface area contributed by atoms with E-state index in [4.69, 9.17) is 9.47 Å². The van der Waals surface area contributed by atoms with E-state index in [1.165, 1.54) is 0 Å². The number of anilines is 1. The van der Waals surface area contributed by atoms with Gasteiger partial charge < -0.3 is 25.2 Å². The van der Waals surface area contributed by atoms with Gasteiger partial charge in [-0.15, -0.1) is 0 Å². The smallest absolute Gasteiger partial charge is 0.319 e. The summed E-state index contributed by atoms with van der Waals surface area (Å²) in [5.74, 6) is -0.207. The summed E-state index contributed by atoms with van der Waals surface area (Å²) in [6, 6.07) is 6.29. The number of rotatable bonds is 5. The fraction of sp³-hybridized carbons (Fsp3) is 0.316. The molecular weight excluding hydrogens is 447 g/mol. The van der Waals surface area contributed by atoms with Crippen LogP contribution in [-0.2, 0) is 11.2 Å². The molecule has 2 aliphatic rings. The van der Waals surface area contributed by atoms with Crippen LogP contribution >= 0.6 is 10.2 Å². The van der Waals surface area contributed by atoms with Gasteiger partial charge in [0.15, 0.2) is 0 Å². The molecule has 1 heterocycles. The zero-order valence-corrected chi connectivity index (χ0v) is 16.7. The Morgan fingerprint density at radius 1 is 1.10 bits per heavy atom. The summed E-state index contributed by atoms with van der Waals surface area (Å²) in [7, 11) is -9.98. The number of hydrogen-bond acceptors (Lipinski definition) is 4. The Bertz CT molecular complexity index is 1030. The van der Waals surface area contributed by atoms with Crippen molar-refractivity contribution in [3.63, 3.8) is 0 Å².